The van der Waals surface area contributed by atoms with Gasteiger partial charge in [0.05, 0.1) is 7.11 Å². The topological polar surface area (TPSA) is 32.8 Å². The van der Waals surface area contributed by atoms with Gasteiger partial charge >= 0.3 is 0 Å². The highest BCUT2D eigenvalue weighted by molar-refractivity contribution is 5.82. The fourth-order valence-electron chi connectivity index (χ4n) is 2.82. The molecule has 1 heterocycles. The molecule has 134 valence electrons. The zero-order valence-corrected chi connectivity index (χ0v) is 14.6. The molecule has 1 aliphatic rings. The number of halogens is 2. The SMILES string of the molecule is COc1ccc(CN2CCCN(C(=O)C(C)(C)C(F)F)CC2)cc1. The number of alkyl halides is 2. The average molecular weight is 340 g/mol. The molecule has 0 aromatic heterocycles. The quantitative estimate of drug-likeness (QED) is 0.826. The second kappa shape index (κ2) is 7.92. The minimum atomic E-state index is -2.65. The highest BCUT2D eigenvalue weighted by atomic mass is 19.3. The van der Waals surface area contributed by atoms with Gasteiger partial charge < -0.3 is 9.64 Å². The van der Waals surface area contributed by atoms with Crippen LogP contribution >= 0.6 is 0 Å². The molecule has 0 N–H and O–H groups in total. The van der Waals surface area contributed by atoms with Gasteiger partial charge in [-0.25, -0.2) is 8.78 Å². The van der Waals surface area contributed by atoms with Gasteiger partial charge in [-0.3, -0.25) is 9.69 Å². The lowest BCUT2D eigenvalue weighted by atomic mass is 9.92. The predicted molar refractivity (Wildman–Crippen MR) is 89.3 cm³/mol. The summed E-state index contributed by atoms with van der Waals surface area (Å²) in [5.41, 5.74) is -0.450. The summed E-state index contributed by atoms with van der Waals surface area (Å²) in [6, 6.07) is 7.89. The van der Waals surface area contributed by atoms with E-state index in [0.29, 0.717) is 19.6 Å². The maximum atomic E-state index is 13.1. The van der Waals surface area contributed by atoms with Crippen molar-refractivity contribution in [3.05, 3.63) is 29.8 Å². The van der Waals surface area contributed by atoms with Crippen LogP contribution in [0.25, 0.3) is 0 Å². The number of ether oxygens (including phenoxy) is 1. The number of carbonyl (C=O) groups is 1. The second-order valence-electron chi connectivity index (χ2n) is 6.79. The number of hydrogen-bond donors (Lipinski definition) is 0. The first kappa shape index (κ1) is 18.6. The Hall–Kier alpha value is -1.69. The highest BCUT2D eigenvalue weighted by Crippen LogP contribution is 2.28. The van der Waals surface area contributed by atoms with E-state index in [1.807, 2.05) is 24.3 Å². The average Bonchev–Trinajstić information content (AvgIpc) is 2.80. The van der Waals surface area contributed by atoms with Gasteiger partial charge in [-0.05, 0) is 38.0 Å². The third-order valence-corrected chi connectivity index (χ3v) is 4.54. The molecule has 0 spiro atoms. The lowest BCUT2D eigenvalue weighted by molar-refractivity contribution is -0.148. The van der Waals surface area contributed by atoms with Crippen LogP contribution in [-0.4, -0.2) is 55.4 Å². The van der Waals surface area contributed by atoms with Crippen LogP contribution in [0.1, 0.15) is 25.8 Å². The molecule has 0 saturated carbocycles. The summed E-state index contributed by atoms with van der Waals surface area (Å²) in [5, 5.41) is 0. The van der Waals surface area contributed by atoms with Crippen molar-refractivity contribution in [2.45, 2.75) is 33.2 Å². The van der Waals surface area contributed by atoms with Gasteiger partial charge in [0.15, 0.2) is 0 Å². The smallest absolute Gasteiger partial charge is 0.252 e. The van der Waals surface area contributed by atoms with E-state index in [9.17, 15) is 13.6 Å². The fraction of sp³-hybridized carbons (Fsp3) is 0.611. The second-order valence-corrected chi connectivity index (χ2v) is 6.79. The first-order valence-electron chi connectivity index (χ1n) is 8.27. The normalized spacial score (nSPS) is 17.0. The molecular formula is C18H26F2N2O2. The molecular weight excluding hydrogens is 314 g/mol. The molecule has 1 aliphatic heterocycles. The zero-order chi connectivity index (χ0) is 17.7. The van der Waals surface area contributed by atoms with E-state index >= 15 is 0 Å². The number of amides is 1. The van der Waals surface area contributed by atoms with Crippen molar-refractivity contribution in [2.24, 2.45) is 5.41 Å². The van der Waals surface area contributed by atoms with Gasteiger partial charge in [0.25, 0.3) is 6.43 Å². The van der Waals surface area contributed by atoms with E-state index in [4.69, 9.17) is 4.74 Å². The Morgan fingerprint density at radius 2 is 1.83 bits per heavy atom. The standard InChI is InChI=1S/C18H26F2N2O2/c1-18(2,16(19)20)17(23)22-10-4-9-21(11-12-22)13-14-5-7-15(24-3)8-6-14/h5-8,16H,4,9-13H2,1-3H3. The van der Waals surface area contributed by atoms with Crippen LogP contribution in [0.5, 0.6) is 5.75 Å². The maximum absolute atomic E-state index is 13.1. The Morgan fingerprint density at radius 1 is 1.17 bits per heavy atom. The lowest BCUT2D eigenvalue weighted by Gasteiger charge is -2.30. The molecule has 0 radical (unpaired) electrons. The van der Waals surface area contributed by atoms with Crippen molar-refractivity contribution < 1.29 is 18.3 Å². The number of rotatable bonds is 5. The van der Waals surface area contributed by atoms with Crippen molar-refractivity contribution in [2.75, 3.05) is 33.3 Å². The van der Waals surface area contributed by atoms with Crippen molar-refractivity contribution in [3.8, 4) is 5.75 Å². The molecule has 6 heteroatoms. The molecule has 0 unspecified atom stereocenters. The van der Waals surface area contributed by atoms with Crippen LogP contribution in [0.4, 0.5) is 8.78 Å². The van der Waals surface area contributed by atoms with Crippen molar-refractivity contribution in [3.63, 3.8) is 0 Å². The largest absolute Gasteiger partial charge is 0.497 e. The molecule has 1 saturated heterocycles. The Kier molecular flexibility index (Phi) is 6.15. The minimum Gasteiger partial charge on any atom is -0.497 e. The Labute approximate surface area is 142 Å². The number of carbonyl (C=O) groups excluding carboxylic acids is 1. The lowest BCUT2D eigenvalue weighted by Crippen LogP contribution is -2.46. The Morgan fingerprint density at radius 3 is 2.42 bits per heavy atom. The number of benzene rings is 1. The summed E-state index contributed by atoms with van der Waals surface area (Å²) in [5.74, 6) is 0.365. The van der Waals surface area contributed by atoms with E-state index < -0.39 is 17.7 Å². The van der Waals surface area contributed by atoms with Crippen LogP contribution in [0.3, 0.4) is 0 Å². The summed E-state index contributed by atoms with van der Waals surface area (Å²) in [7, 11) is 1.64. The van der Waals surface area contributed by atoms with Crippen molar-refractivity contribution in [1.82, 2.24) is 9.80 Å². The van der Waals surface area contributed by atoms with Crippen molar-refractivity contribution >= 4 is 5.91 Å². The number of nitrogens with zero attached hydrogens (tertiary/aromatic N) is 2. The van der Waals surface area contributed by atoms with Gasteiger partial charge in [-0.2, -0.15) is 0 Å². The molecule has 0 aliphatic carbocycles. The molecule has 24 heavy (non-hydrogen) atoms. The Balaban J connectivity index is 1.93. The van der Waals surface area contributed by atoms with Crippen LogP contribution in [0.2, 0.25) is 0 Å². The zero-order valence-electron chi connectivity index (χ0n) is 14.6. The molecule has 0 bridgehead atoms. The number of hydrogen-bond acceptors (Lipinski definition) is 3. The summed E-state index contributed by atoms with van der Waals surface area (Å²) < 4.78 is 31.3. The predicted octanol–water partition coefficient (Wildman–Crippen LogP) is 3.02. The van der Waals surface area contributed by atoms with Crippen LogP contribution in [-0.2, 0) is 11.3 Å². The monoisotopic (exact) mass is 340 g/mol. The number of methoxy groups -OCH3 is 1. The molecule has 1 fully saturated rings. The highest BCUT2D eigenvalue weighted by Gasteiger charge is 2.40. The molecule has 1 amide bonds. The minimum absolute atomic E-state index is 0.455. The molecule has 1 aromatic carbocycles. The summed E-state index contributed by atoms with van der Waals surface area (Å²) in [6.07, 6.45) is -1.86. The Bertz CT molecular complexity index is 546. The van der Waals surface area contributed by atoms with E-state index in [0.717, 1.165) is 25.3 Å². The van der Waals surface area contributed by atoms with Crippen LogP contribution in [0.15, 0.2) is 24.3 Å². The first-order valence-corrected chi connectivity index (χ1v) is 8.27. The fourth-order valence-corrected chi connectivity index (χ4v) is 2.82. The van der Waals surface area contributed by atoms with Gasteiger partial charge in [-0.15, -0.1) is 0 Å². The van der Waals surface area contributed by atoms with E-state index in [1.54, 1.807) is 12.0 Å². The summed E-state index contributed by atoms with van der Waals surface area (Å²) >= 11 is 0. The first-order chi connectivity index (χ1) is 11.3. The molecule has 1 aromatic rings. The molecule has 0 atom stereocenters. The van der Waals surface area contributed by atoms with E-state index in [2.05, 4.69) is 4.90 Å². The maximum Gasteiger partial charge on any atom is 0.252 e. The van der Waals surface area contributed by atoms with Crippen LogP contribution in [0, 0.1) is 5.41 Å². The van der Waals surface area contributed by atoms with Gasteiger partial charge in [-0.1, -0.05) is 12.1 Å². The van der Waals surface area contributed by atoms with Gasteiger partial charge in [0, 0.05) is 32.7 Å². The van der Waals surface area contributed by atoms with Crippen LogP contribution < -0.4 is 4.74 Å². The van der Waals surface area contributed by atoms with E-state index in [-0.39, 0.29) is 0 Å². The third-order valence-electron chi connectivity index (χ3n) is 4.54. The molecule has 2 rings (SSSR count). The van der Waals surface area contributed by atoms with E-state index in [1.165, 1.54) is 19.4 Å². The summed E-state index contributed by atoms with van der Waals surface area (Å²) in [6.45, 7) is 5.99. The van der Waals surface area contributed by atoms with Gasteiger partial charge in [0.1, 0.15) is 11.2 Å². The molecule has 4 nitrogen and oxygen atoms in total. The van der Waals surface area contributed by atoms with Gasteiger partial charge in [0.2, 0.25) is 5.91 Å². The summed E-state index contributed by atoms with van der Waals surface area (Å²) in [4.78, 5) is 16.2. The van der Waals surface area contributed by atoms with Crippen molar-refractivity contribution in [1.29, 1.82) is 0 Å². The third kappa shape index (κ3) is 4.44.